The van der Waals surface area contributed by atoms with E-state index in [4.69, 9.17) is 4.42 Å². The quantitative estimate of drug-likeness (QED) is 0.716. The van der Waals surface area contributed by atoms with E-state index >= 15 is 0 Å². The van der Waals surface area contributed by atoms with Gasteiger partial charge < -0.3 is 14.3 Å². The highest BCUT2D eigenvalue weighted by Gasteiger charge is 2.17. The number of aryl methyl sites for hydroxylation is 1. The lowest BCUT2D eigenvalue weighted by Crippen LogP contribution is -2.08. The minimum Gasteiger partial charge on any atom is -0.469 e. The second kappa shape index (κ2) is 4.09. The molecule has 1 aromatic rings. The van der Waals surface area contributed by atoms with Crippen molar-refractivity contribution >= 4 is 5.97 Å². The molecule has 0 aliphatic rings. The highest BCUT2D eigenvalue weighted by molar-refractivity contribution is 5.69. The normalized spacial score (nSPS) is 12.5. The molecule has 0 saturated heterocycles. The summed E-state index contributed by atoms with van der Waals surface area (Å²) in [6.45, 7) is 1.80. The first kappa shape index (κ1) is 9.80. The van der Waals surface area contributed by atoms with E-state index in [9.17, 15) is 9.90 Å². The fourth-order valence-corrected chi connectivity index (χ4v) is 1.06. The smallest absolute Gasteiger partial charge is 0.308 e. The van der Waals surface area contributed by atoms with Crippen LogP contribution in [-0.2, 0) is 9.53 Å². The van der Waals surface area contributed by atoms with Gasteiger partial charge in [-0.1, -0.05) is 0 Å². The predicted molar refractivity (Wildman–Crippen MR) is 45.0 cm³/mol. The average Bonchev–Trinajstić information content (AvgIpc) is 2.51. The summed E-state index contributed by atoms with van der Waals surface area (Å²) in [5.41, 5.74) is 0.830. The van der Waals surface area contributed by atoms with E-state index in [-0.39, 0.29) is 6.42 Å². The summed E-state index contributed by atoms with van der Waals surface area (Å²) in [7, 11) is 1.28. The summed E-state index contributed by atoms with van der Waals surface area (Å²) in [5.74, 6) is -0.0336. The third-order valence-corrected chi connectivity index (χ3v) is 1.79. The SMILES string of the molecule is COC(=O)CC(O)c1occc1C. The van der Waals surface area contributed by atoms with E-state index in [0.29, 0.717) is 5.76 Å². The summed E-state index contributed by atoms with van der Waals surface area (Å²) in [6, 6.07) is 1.73. The molecule has 1 aromatic heterocycles. The molecule has 0 amide bonds. The van der Waals surface area contributed by atoms with Crippen LogP contribution in [0.4, 0.5) is 0 Å². The molecule has 1 atom stereocenters. The standard InChI is InChI=1S/C9H12O4/c1-6-3-4-13-9(6)7(10)5-8(11)12-2/h3-4,7,10H,5H2,1-2H3. The lowest BCUT2D eigenvalue weighted by Gasteiger charge is -2.06. The summed E-state index contributed by atoms with van der Waals surface area (Å²) in [4.78, 5) is 10.8. The Labute approximate surface area is 76.1 Å². The highest BCUT2D eigenvalue weighted by atomic mass is 16.5. The number of aliphatic hydroxyl groups excluding tert-OH is 1. The van der Waals surface area contributed by atoms with Gasteiger partial charge in [0, 0.05) is 0 Å². The molecule has 0 fully saturated rings. The zero-order valence-corrected chi connectivity index (χ0v) is 7.61. The molecular formula is C9H12O4. The van der Waals surface area contributed by atoms with Crippen molar-refractivity contribution in [2.75, 3.05) is 7.11 Å². The molecule has 0 aromatic carbocycles. The number of carbonyl (C=O) groups excluding carboxylic acids is 1. The van der Waals surface area contributed by atoms with Crippen molar-refractivity contribution in [3.63, 3.8) is 0 Å². The first-order valence-corrected chi connectivity index (χ1v) is 3.94. The van der Waals surface area contributed by atoms with Crippen LogP contribution < -0.4 is 0 Å². The molecule has 0 spiro atoms. The van der Waals surface area contributed by atoms with Gasteiger partial charge in [0.15, 0.2) is 0 Å². The van der Waals surface area contributed by atoms with Crippen molar-refractivity contribution in [1.29, 1.82) is 0 Å². The van der Waals surface area contributed by atoms with Gasteiger partial charge in [0.1, 0.15) is 11.9 Å². The molecule has 4 heteroatoms. The number of esters is 1. The number of hydrogen-bond donors (Lipinski definition) is 1. The maximum absolute atomic E-state index is 10.8. The van der Waals surface area contributed by atoms with Crippen LogP contribution in [0.1, 0.15) is 23.8 Å². The minimum atomic E-state index is -0.914. The van der Waals surface area contributed by atoms with Gasteiger partial charge in [0.25, 0.3) is 0 Å². The molecule has 13 heavy (non-hydrogen) atoms. The van der Waals surface area contributed by atoms with Gasteiger partial charge >= 0.3 is 5.97 Å². The van der Waals surface area contributed by atoms with Crippen molar-refractivity contribution in [3.05, 3.63) is 23.7 Å². The molecule has 72 valence electrons. The summed E-state index contributed by atoms with van der Waals surface area (Å²) >= 11 is 0. The number of methoxy groups -OCH3 is 1. The zero-order valence-electron chi connectivity index (χ0n) is 7.61. The maximum atomic E-state index is 10.8. The zero-order chi connectivity index (χ0) is 9.84. The van der Waals surface area contributed by atoms with Crippen LogP contribution in [0.2, 0.25) is 0 Å². The molecule has 1 unspecified atom stereocenters. The lowest BCUT2D eigenvalue weighted by atomic mass is 10.1. The average molecular weight is 184 g/mol. The van der Waals surface area contributed by atoms with Crippen LogP contribution in [0, 0.1) is 6.92 Å². The fourth-order valence-electron chi connectivity index (χ4n) is 1.06. The van der Waals surface area contributed by atoms with Gasteiger partial charge in [0.05, 0.1) is 19.8 Å². The Morgan fingerprint density at radius 3 is 2.92 bits per heavy atom. The Kier molecular flexibility index (Phi) is 3.08. The minimum absolute atomic E-state index is 0.0785. The Morgan fingerprint density at radius 1 is 1.77 bits per heavy atom. The Morgan fingerprint density at radius 2 is 2.46 bits per heavy atom. The number of aliphatic hydroxyl groups is 1. The van der Waals surface area contributed by atoms with Gasteiger partial charge in [-0.3, -0.25) is 4.79 Å². The van der Waals surface area contributed by atoms with Crippen molar-refractivity contribution in [3.8, 4) is 0 Å². The number of rotatable bonds is 3. The highest BCUT2D eigenvalue weighted by Crippen LogP contribution is 2.21. The van der Waals surface area contributed by atoms with Crippen LogP contribution in [0.15, 0.2) is 16.7 Å². The first-order valence-electron chi connectivity index (χ1n) is 3.94. The summed E-state index contributed by atoms with van der Waals surface area (Å²) < 4.78 is 9.43. The Balaban J connectivity index is 2.63. The van der Waals surface area contributed by atoms with Crippen molar-refractivity contribution in [1.82, 2.24) is 0 Å². The van der Waals surface area contributed by atoms with Crippen molar-refractivity contribution < 1.29 is 19.1 Å². The molecule has 0 bridgehead atoms. The maximum Gasteiger partial charge on any atom is 0.308 e. The van der Waals surface area contributed by atoms with E-state index in [0.717, 1.165) is 5.56 Å². The molecule has 0 radical (unpaired) electrons. The van der Waals surface area contributed by atoms with Crippen LogP contribution in [0.25, 0.3) is 0 Å². The molecule has 4 nitrogen and oxygen atoms in total. The van der Waals surface area contributed by atoms with E-state index in [1.165, 1.54) is 13.4 Å². The lowest BCUT2D eigenvalue weighted by molar-refractivity contribution is -0.143. The van der Waals surface area contributed by atoms with Crippen LogP contribution >= 0.6 is 0 Å². The molecule has 0 aliphatic carbocycles. The molecular weight excluding hydrogens is 172 g/mol. The number of ether oxygens (including phenoxy) is 1. The van der Waals surface area contributed by atoms with Crippen LogP contribution in [0.5, 0.6) is 0 Å². The number of hydrogen-bond acceptors (Lipinski definition) is 4. The topological polar surface area (TPSA) is 59.7 Å². The van der Waals surface area contributed by atoms with E-state index in [2.05, 4.69) is 4.74 Å². The van der Waals surface area contributed by atoms with E-state index in [1.54, 1.807) is 13.0 Å². The third kappa shape index (κ3) is 2.32. The molecule has 1 N–H and O–H groups in total. The second-order valence-corrected chi connectivity index (χ2v) is 2.76. The van der Waals surface area contributed by atoms with Crippen LogP contribution in [0.3, 0.4) is 0 Å². The second-order valence-electron chi connectivity index (χ2n) is 2.76. The Hall–Kier alpha value is -1.29. The third-order valence-electron chi connectivity index (χ3n) is 1.79. The molecule has 1 heterocycles. The molecule has 0 aliphatic heterocycles. The van der Waals surface area contributed by atoms with Gasteiger partial charge in [-0.25, -0.2) is 0 Å². The van der Waals surface area contributed by atoms with Gasteiger partial charge in [-0.2, -0.15) is 0 Å². The van der Waals surface area contributed by atoms with E-state index < -0.39 is 12.1 Å². The fraction of sp³-hybridized carbons (Fsp3) is 0.444. The summed E-state index contributed by atoms with van der Waals surface area (Å²) in [6.07, 6.45) is 0.484. The first-order chi connectivity index (χ1) is 6.15. The van der Waals surface area contributed by atoms with Crippen LogP contribution in [-0.4, -0.2) is 18.2 Å². The van der Waals surface area contributed by atoms with E-state index in [1.807, 2.05) is 0 Å². The Bertz CT molecular complexity index is 290. The monoisotopic (exact) mass is 184 g/mol. The number of furan rings is 1. The van der Waals surface area contributed by atoms with Crippen molar-refractivity contribution in [2.24, 2.45) is 0 Å². The van der Waals surface area contributed by atoms with Gasteiger partial charge in [-0.15, -0.1) is 0 Å². The molecule has 1 rings (SSSR count). The number of carbonyl (C=O) groups is 1. The largest absolute Gasteiger partial charge is 0.469 e. The van der Waals surface area contributed by atoms with Crippen molar-refractivity contribution in [2.45, 2.75) is 19.4 Å². The summed E-state index contributed by atoms with van der Waals surface area (Å²) in [5, 5.41) is 9.50. The predicted octanol–water partition coefficient (Wildman–Crippen LogP) is 1.18. The van der Waals surface area contributed by atoms with Gasteiger partial charge in [-0.05, 0) is 18.6 Å². The van der Waals surface area contributed by atoms with Gasteiger partial charge in [0.2, 0.25) is 0 Å². The molecule has 0 saturated carbocycles.